The molecule has 1 fully saturated rings. The van der Waals surface area contributed by atoms with Gasteiger partial charge in [0.15, 0.2) is 0 Å². The molecule has 2 aromatic carbocycles. The third-order valence-corrected chi connectivity index (χ3v) is 6.49. The third kappa shape index (κ3) is 3.92. The first-order valence-electron chi connectivity index (χ1n) is 10.8. The zero-order chi connectivity index (χ0) is 21.0. The van der Waals surface area contributed by atoms with Crippen LogP contribution in [0.5, 0.6) is 0 Å². The van der Waals surface area contributed by atoms with Crippen molar-refractivity contribution in [1.29, 1.82) is 0 Å². The Morgan fingerprint density at radius 1 is 1.00 bits per heavy atom. The Balaban J connectivity index is 1.55. The van der Waals surface area contributed by atoms with Gasteiger partial charge >= 0.3 is 0 Å². The molecule has 4 heteroatoms. The summed E-state index contributed by atoms with van der Waals surface area (Å²) in [6.07, 6.45) is 3.79. The first-order chi connectivity index (χ1) is 14.6. The van der Waals surface area contributed by atoms with Crippen LogP contribution in [0, 0.1) is 12.8 Å². The average molecular weight is 403 g/mol. The summed E-state index contributed by atoms with van der Waals surface area (Å²) in [5.74, 6) is 1.84. The Morgan fingerprint density at radius 2 is 1.63 bits per heavy atom. The molecule has 0 bridgehead atoms. The van der Waals surface area contributed by atoms with Crippen molar-refractivity contribution in [2.75, 3.05) is 6.54 Å². The van der Waals surface area contributed by atoms with Crippen molar-refractivity contribution in [1.82, 2.24) is 5.32 Å². The fourth-order valence-corrected chi connectivity index (χ4v) is 5.11. The van der Waals surface area contributed by atoms with Crippen LogP contribution in [0.1, 0.15) is 41.9 Å². The van der Waals surface area contributed by atoms with Gasteiger partial charge in [-0.15, -0.1) is 0 Å². The van der Waals surface area contributed by atoms with E-state index in [9.17, 15) is 4.79 Å². The Bertz CT molecular complexity index is 925. The van der Waals surface area contributed by atoms with E-state index in [0.29, 0.717) is 6.04 Å². The number of primary amides is 1. The largest absolute Gasteiger partial charge is 0.466 e. The van der Waals surface area contributed by atoms with Crippen molar-refractivity contribution in [3.05, 3.63) is 95.4 Å². The molecule has 156 valence electrons. The molecule has 1 heterocycles. The smallest absolute Gasteiger partial charge is 0.232 e. The highest BCUT2D eigenvalue weighted by Gasteiger charge is 2.49. The fraction of sp³-hybridized carbons (Fsp3) is 0.346. The lowest BCUT2D eigenvalue weighted by molar-refractivity contribution is -0.123. The van der Waals surface area contributed by atoms with Gasteiger partial charge in [-0.05, 0) is 55.4 Å². The summed E-state index contributed by atoms with van der Waals surface area (Å²) in [7, 11) is 0. The third-order valence-electron chi connectivity index (χ3n) is 6.49. The number of carbonyl (C=O) groups excluding carboxylic acids is 1. The van der Waals surface area contributed by atoms with Crippen molar-refractivity contribution in [3.63, 3.8) is 0 Å². The first kappa shape index (κ1) is 20.4. The molecule has 1 amide bonds. The molecule has 2 atom stereocenters. The van der Waals surface area contributed by atoms with E-state index in [1.165, 1.54) is 0 Å². The minimum atomic E-state index is -0.808. The van der Waals surface area contributed by atoms with E-state index < -0.39 is 5.41 Å². The Kier molecular flexibility index (Phi) is 6.05. The molecule has 0 radical (unpaired) electrons. The lowest BCUT2D eigenvalue weighted by Crippen LogP contribution is -2.48. The van der Waals surface area contributed by atoms with Gasteiger partial charge in [-0.1, -0.05) is 60.7 Å². The average Bonchev–Trinajstić information content (AvgIpc) is 3.39. The summed E-state index contributed by atoms with van der Waals surface area (Å²) in [4.78, 5) is 13.1. The summed E-state index contributed by atoms with van der Waals surface area (Å²) in [5, 5.41) is 3.67. The van der Waals surface area contributed by atoms with Crippen LogP contribution in [0.2, 0.25) is 0 Å². The molecule has 2 unspecified atom stereocenters. The molecule has 4 nitrogen and oxygen atoms in total. The molecule has 0 saturated heterocycles. The highest BCUT2D eigenvalue weighted by atomic mass is 16.3. The van der Waals surface area contributed by atoms with Crippen molar-refractivity contribution < 1.29 is 9.21 Å². The van der Waals surface area contributed by atoms with Gasteiger partial charge in [0.05, 0.1) is 0 Å². The van der Waals surface area contributed by atoms with E-state index in [1.807, 2.05) is 79.7 Å². The van der Waals surface area contributed by atoms with Crippen LogP contribution >= 0.6 is 0 Å². The predicted octanol–water partition coefficient (Wildman–Crippen LogP) is 4.36. The molecular weight excluding hydrogens is 372 g/mol. The summed E-state index contributed by atoms with van der Waals surface area (Å²) < 4.78 is 5.67. The molecule has 1 saturated carbocycles. The molecule has 4 rings (SSSR count). The van der Waals surface area contributed by atoms with E-state index in [4.69, 9.17) is 10.2 Å². The second kappa shape index (κ2) is 8.88. The highest BCUT2D eigenvalue weighted by Crippen LogP contribution is 2.46. The van der Waals surface area contributed by atoms with Crippen LogP contribution in [-0.4, -0.2) is 18.5 Å². The maximum Gasteiger partial charge on any atom is 0.232 e. The first-order valence-corrected chi connectivity index (χ1v) is 10.8. The number of nitrogens with one attached hydrogen (secondary N) is 1. The summed E-state index contributed by atoms with van der Waals surface area (Å²) in [6, 6.07) is 24.5. The van der Waals surface area contributed by atoms with Crippen LogP contribution in [0.25, 0.3) is 0 Å². The van der Waals surface area contributed by atoms with E-state index in [2.05, 4.69) is 5.32 Å². The van der Waals surface area contributed by atoms with Gasteiger partial charge in [-0.2, -0.15) is 0 Å². The van der Waals surface area contributed by atoms with Gasteiger partial charge in [0.25, 0.3) is 0 Å². The number of aryl methyl sites for hydroxylation is 1. The second-order valence-corrected chi connectivity index (χ2v) is 8.33. The summed E-state index contributed by atoms with van der Waals surface area (Å²) >= 11 is 0. The number of nitrogens with two attached hydrogens (primary N) is 1. The SMILES string of the molecule is Cc1ccc(CCNC2CCC(C(C(N)=O)(c3ccccc3)c3ccccc3)C2)o1. The number of amides is 1. The number of furan rings is 1. The van der Waals surface area contributed by atoms with Gasteiger partial charge in [0.2, 0.25) is 5.91 Å². The highest BCUT2D eigenvalue weighted by molar-refractivity contribution is 5.91. The summed E-state index contributed by atoms with van der Waals surface area (Å²) in [6.45, 7) is 2.83. The lowest BCUT2D eigenvalue weighted by atomic mass is 9.64. The predicted molar refractivity (Wildman–Crippen MR) is 119 cm³/mol. The van der Waals surface area contributed by atoms with Crippen LogP contribution in [0.3, 0.4) is 0 Å². The maximum absolute atomic E-state index is 13.1. The minimum absolute atomic E-state index is 0.156. The molecule has 3 aromatic rings. The van der Waals surface area contributed by atoms with Crippen molar-refractivity contribution in [2.45, 2.75) is 44.1 Å². The van der Waals surface area contributed by atoms with E-state index >= 15 is 0 Å². The van der Waals surface area contributed by atoms with Crippen LogP contribution in [0.15, 0.2) is 77.2 Å². The quantitative estimate of drug-likeness (QED) is 0.588. The normalized spacial score (nSPS) is 19.1. The van der Waals surface area contributed by atoms with Crippen LogP contribution < -0.4 is 11.1 Å². The molecule has 3 N–H and O–H groups in total. The van der Waals surface area contributed by atoms with Crippen LogP contribution in [-0.2, 0) is 16.6 Å². The molecule has 0 aliphatic heterocycles. The monoisotopic (exact) mass is 402 g/mol. The minimum Gasteiger partial charge on any atom is -0.466 e. The van der Waals surface area contributed by atoms with Gasteiger partial charge in [0, 0.05) is 19.0 Å². The molecule has 1 aliphatic rings. The van der Waals surface area contributed by atoms with Crippen molar-refractivity contribution >= 4 is 5.91 Å². The number of benzene rings is 2. The molecule has 30 heavy (non-hydrogen) atoms. The van der Waals surface area contributed by atoms with Crippen molar-refractivity contribution in [3.8, 4) is 0 Å². The topological polar surface area (TPSA) is 68.3 Å². The Hall–Kier alpha value is -2.85. The van der Waals surface area contributed by atoms with Gasteiger partial charge in [0.1, 0.15) is 16.9 Å². The van der Waals surface area contributed by atoms with Crippen molar-refractivity contribution in [2.24, 2.45) is 11.7 Å². The zero-order valence-corrected chi connectivity index (χ0v) is 17.5. The van der Waals surface area contributed by atoms with Gasteiger partial charge in [-0.3, -0.25) is 4.79 Å². The number of hydrogen-bond acceptors (Lipinski definition) is 3. The number of rotatable bonds is 8. The van der Waals surface area contributed by atoms with E-state index in [-0.39, 0.29) is 11.8 Å². The number of carbonyl (C=O) groups is 1. The van der Waals surface area contributed by atoms with E-state index in [1.54, 1.807) is 0 Å². The molecule has 1 aliphatic carbocycles. The molecule has 0 spiro atoms. The Morgan fingerprint density at radius 3 is 2.17 bits per heavy atom. The Labute approximate surface area is 178 Å². The van der Waals surface area contributed by atoms with Gasteiger partial charge in [-0.25, -0.2) is 0 Å². The van der Waals surface area contributed by atoms with Gasteiger partial charge < -0.3 is 15.5 Å². The zero-order valence-electron chi connectivity index (χ0n) is 17.5. The molecule has 1 aromatic heterocycles. The van der Waals surface area contributed by atoms with Crippen LogP contribution in [0.4, 0.5) is 0 Å². The lowest BCUT2D eigenvalue weighted by Gasteiger charge is -2.37. The maximum atomic E-state index is 13.1. The number of hydrogen-bond donors (Lipinski definition) is 2. The van der Waals surface area contributed by atoms with E-state index in [0.717, 1.165) is 54.9 Å². The second-order valence-electron chi connectivity index (χ2n) is 8.33. The fourth-order valence-electron chi connectivity index (χ4n) is 5.11. The standard InChI is InChI=1S/C26H30N2O2/c1-19-12-15-24(30-19)16-17-28-23-14-13-22(18-23)26(25(27)29,20-8-4-2-5-9-20)21-10-6-3-7-11-21/h2-12,15,22-23,28H,13-14,16-18H2,1H3,(H2,27,29). The molecular formula is C26H30N2O2. The summed E-state index contributed by atoms with van der Waals surface area (Å²) in [5.41, 5.74) is 7.33.